The zero-order valence-corrected chi connectivity index (χ0v) is 13.2. The third-order valence-electron chi connectivity index (χ3n) is 4.42. The van der Waals surface area contributed by atoms with Crippen LogP contribution in [0.5, 0.6) is 0 Å². The summed E-state index contributed by atoms with van der Waals surface area (Å²) >= 11 is 0. The maximum Gasteiger partial charge on any atom is 0.272 e. The molecule has 1 fully saturated rings. The Morgan fingerprint density at radius 1 is 1.26 bits per heavy atom. The van der Waals surface area contributed by atoms with E-state index in [0.717, 1.165) is 18.4 Å². The Bertz CT molecular complexity index is 633. The maximum absolute atomic E-state index is 12.3. The van der Waals surface area contributed by atoms with Crippen molar-refractivity contribution in [2.24, 2.45) is 0 Å². The van der Waals surface area contributed by atoms with Crippen LogP contribution in [-0.4, -0.2) is 33.4 Å². The van der Waals surface area contributed by atoms with Crippen molar-refractivity contribution in [1.29, 1.82) is 0 Å². The minimum Gasteiger partial charge on any atom is -0.394 e. The van der Waals surface area contributed by atoms with Gasteiger partial charge in [0, 0.05) is 6.20 Å². The van der Waals surface area contributed by atoms with E-state index in [1.54, 1.807) is 6.07 Å². The van der Waals surface area contributed by atoms with Gasteiger partial charge in [-0.05, 0) is 30.9 Å². The number of nitrogens with zero attached hydrogens (tertiary/aromatic N) is 2. The van der Waals surface area contributed by atoms with Crippen LogP contribution in [0.15, 0.2) is 42.6 Å². The van der Waals surface area contributed by atoms with Gasteiger partial charge >= 0.3 is 0 Å². The summed E-state index contributed by atoms with van der Waals surface area (Å²) in [6.45, 7) is -0.0933. The minimum absolute atomic E-state index is 0.0933. The smallest absolute Gasteiger partial charge is 0.272 e. The average Bonchev–Trinajstić information content (AvgIpc) is 3.26. The van der Waals surface area contributed by atoms with E-state index in [9.17, 15) is 9.90 Å². The topological polar surface area (TPSA) is 67.2 Å². The zero-order valence-electron chi connectivity index (χ0n) is 13.2. The fourth-order valence-corrected chi connectivity index (χ4v) is 3.15. The molecule has 23 heavy (non-hydrogen) atoms. The molecule has 5 nitrogen and oxygen atoms in total. The molecule has 5 heteroatoms. The van der Waals surface area contributed by atoms with Crippen LogP contribution in [0.25, 0.3) is 0 Å². The summed E-state index contributed by atoms with van der Waals surface area (Å²) in [6, 6.07) is 11.7. The van der Waals surface area contributed by atoms with Crippen molar-refractivity contribution < 1.29 is 9.90 Å². The van der Waals surface area contributed by atoms with Gasteiger partial charge in [0.2, 0.25) is 0 Å². The number of aliphatic hydroxyl groups is 1. The first-order valence-corrected chi connectivity index (χ1v) is 8.27. The van der Waals surface area contributed by atoms with Gasteiger partial charge in [-0.25, -0.2) is 0 Å². The van der Waals surface area contributed by atoms with Crippen LogP contribution in [0.1, 0.15) is 47.8 Å². The fourth-order valence-electron chi connectivity index (χ4n) is 3.15. The molecule has 2 N–H and O–H groups in total. The molecule has 0 radical (unpaired) electrons. The molecule has 0 bridgehead atoms. The normalized spacial score (nSPS) is 16.4. The monoisotopic (exact) mass is 313 g/mol. The summed E-state index contributed by atoms with van der Waals surface area (Å²) in [7, 11) is 0. The van der Waals surface area contributed by atoms with Crippen LogP contribution in [0.4, 0.5) is 0 Å². The second-order valence-corrected chi connectivity index (χ2v) is 6.16. The summed E-state index contributed by atoms with van der Waals surface area (Å²) in [5.41, 5.74) is 1.51. The lowest BCUT2D eigenvalue weighted by Gasteiger charge is -2.15. The second kappa shape index (κ2) is 7.42. The van der Waals surface area contributed by atoms with Gasteiger partial charge in [-0.15, -0.1) is 0 Å². The third-order valence-corrected chi connectivity index (χ3v) is 4.42. The van der Waals surface area contributed by atoms with E-state index in [1.807, 2.05) is 41.2 Å². The van der Waals surface area contributed by atoms with Crippen LogP contribution in [0, 0.1) is 0 Å². The van der Waals surface area contributed by atoms with Crippen LogP contribution in [0.2, 0.25) is 0 Å². The Balaban J connectivity index is 1.60. The molecule has 1 aromatic carbocycles. The zero-order chi connectivity index (χ0) is 16.1. The molecule has 1 atom stereocenters. The van der Waals surface area contributed by atoms with Crippen molar-refractivity contribution in [3.8, 4) is 0 Å². The highest BCUT2D eigenvalue weighted by Crippen LogP contribution is 2.28. The number of amides is 1. The molecular weight excluding hydrogens is 290 g/mol. The van der Waals surface area contributed by atoms with Crippen LogP contribution >= 0.6 is 0 Å². The number of nitrogens with one attached hydrogen (secondary N) is 1. The van der Waals surface area contributed by atoms with Crippen molar-refractivity contribution in [2.75, 3.05) is 6.61 Å². The number of aromatic nitrogens is 2. The van der Waals surface area contributed by atoms with Crippen molar-refractivity contribution in [2.45, 2.75) is 44.2 Å². The summed E-state index contributed by atoms with van der Waals surface area (Å²) in [4.78, 5) is 12.3. The van der Waals surface area contributed by atoms with Gasteiger partial charge in [-0.2, -0.15) is 5.10 Å². The van der Waals surface area contributed by atoms with E-state index < -0.39 is 0 Å². The largest absolute Gasteiger partial charge is 0.394 e. The third kappa shape index (κ3) is 3.99. The molecule has 122 valence electrons. The molecule has 1 aromatic heterocycles. The molecule has 1 unspecified atom stereocenters. The molecule has 0 saturated heterocycles. The Hall–Kier alpha value is -2.14. The Morgan fingerprint density at radius 3 is 2.70 bits per heavy atom. The Morgan fingerprint density at radius 2 is 2.00 bits per heavy atom. The number of aliphatic hydroxyl groups excluding tert-OH is 1. The quantitative estimate of drug-likeness (QED) is 0.860. The molecule has 1 amide bonds. The Labute approximate surface area is 136 Å². The van der Waals surface area contributed by atoms with E-state index in [0.29, 0.717) is 18.2 Å². The highest BCUT2D eigenvalue weighted by molar-refractivity contribution is 5.92. The van der Waals surface area contributed by atoms with Gasteiger partial charge in [-0.1, -0.05) is 43.2 Å². The molecular formula is C18H23N3O2. The van der Waals surface area contributed by atoms with Gasteiger partial charge in [0.25, 0.3) is 5.91 Å². The van der Waals surface area contributed by atoms with Crippen molar-refractivity contribution in [3.05, 3.63) is 53.9 Å². The van der Waals surface area contributed by atoms with Crippen molar-refractivity contribution in [3.63, 3.8) is 0 Å². The standard InChI is InChI=1S/C18H23N3O2/c22-13-15(12-14-6-2-1-3-7-14)19-18(23)17-10-11-21(20-17)16-8-4-5-9-16/h1-3,6-7,10-11,15-16,22H,4-5,8-9,12-13H2,(H,19,23). The lowest BCUT2D eigenvalue weighted by atomic mass is 10.1. The summed E-state index contributed by atoms with van der Waals surface area (Å²) in [6.07, 6.45) is 7.22. The SMILES string of the molecule is O=C(NC(CO)Cc1ccccc1)c1ccn(C2CCCC2)n1. The molecule has 3 rings (SSSR count). The van der Waals surface area contributed by atoms with Crippen LogP contribution < -0.4 is 5.32 Å². The first-order valence-electron chi connectivity index (χ1n) is 8.27. The highest BCUT2D eigenvalue weighted by Gasteiger charge is 2.20. The first-order chi connectivity index (χ1) is 11.3. The van der Waals surface area contributed by atoms with Gasteiger partial charge in [-0.3, -0.25) is 9.48 Å². The molecule has 0 aliphatic heterocycles. The molecule has 1 aliphatic rings. The molecule has 1 aliphatic carbocycles. The second-order valence-electron chi connectivity index (χ2n) is 6.16. The molecule has 0 spiro atoms. The fraction of sp³-hybridized carbons (Fsp3) is 0.444. The van der Waals surface area contributed by atoms with Crippen LogP contribution in [-0.2, 0) is 6.42 Å². The lowest BCUT2D eigenvalue weighted by Crippen LogP contribution is -2.39. The summed E-state index contributed by atoms with van der Waals surface area (Å²) < 4.78 is 1.91. The number of benzene rings is 1. The van der Waals surface area contributed by atoms with E-state index in [2.05, 4.69) is 10.4 Å². The molecule has 2 aromatic rings. The number of carbonyl (C=O) groups is 1. The van der Waals surface area contributed by atoms with Gasteiger partial charge in [0.1, 0.15) is 5.69 Å². The Kier molecular flexibility index (Phi) is 5.08. The predicted octanol–water partition coefficient (Wildman–Crippen LogP) is 2.33. The number of hydrogen-bond acceptors (Lipinski definition) is 3. The first kappa shape index (κ1) is 15.7. The van der Waals surface area contributed by atoms with E-state index in [4.69, 9.17) is 0 Å². The average molecular weight is 313 g/mol. The molecule has 1 saturated carbocycles. The van der Waals surface area contributed by atoms with E-state index >= 15 is 0 Å². The van der Waals surface area contributed by atoms with Crippen LogP contribution in [0.3, 0.4) is 0 Å². The van der Waals surface area contributed by atoms with E-state index in [1.165, 1.54) is 12.8 Å². The lowest BCUT2D eigenvalue weighted by molar-refractivity contribution is 0.0910. The van der Waals surface area contributed by atoms with Gasteiger partial charge in [0.05, 0.1) is 18.7 Å². The predicted molar refractivity (Wildman–Crippen MR) is 88.2 cm³/mol. The summed E-state index contributed by atoms with van der Waals surface area (Å²) in [5.74, 6) is -0.225. The number of hydrogen-bond donors (Lipinski definition) is 2. The van der Waals surface area contributed by atoms with Gasteiger partial charge in [0.15, 0.2) is 0 Å². The van der Waals surface area contributed by atoms with Crippen molar-refractivity contribution >= 4 is 5.91 Å². The minimum atomic E-state index is -0.304. The maximum atomic E-state index is 12.3. The van der Waals surface area contributed by atoms with E-state index in [-0.39, 0.29) is 18.6 Å². The highest BCUT2D eigenvalue weighted by atomic mass is 16.3. The van der Waals surface area contributed by atoms with Gasteiger partial charge < -0.3 is 10.4 Å². The number of carbonyl (C=O) groups excluding carboxylic acids is 1. The van der Waals surface area contributed by atoms with Crippen molar-refractivity contribution in [1.82, 2.24) is 15.1 Å². The number of rotatable bonds is 6. The molecule has 1 heterocycles. The summed E-state index contributed by atoms with van der Waals surface area (Å²) in [5, 5.41) is 16.8.